The Kier molecular flexibility index (Phi) is 3.57. The van der Waals surface area contributed by atoms with Gasteiger partial charge in [0.05, 0.1) is 11.3 Å². The van der Waals surface area contributed by atoms with Crippen molar-refractivity contribution in [3.05, 3.63) is 27.5 Å². The molecule has 0 atom stereocenters. The Morgan fingerprint density at radius 3 is 2.50 bits per heavy atom. The third-order valence-electron chi connectivity index (χ3n) is 1.89. The molecule has 0 fully saturated rings. The Hall–Kier alpha value is -1.11. The molecule has 0 saturated carbocycles. The number of carbonyl (C=O) groups is 1. The lowest BCUT2D eigenvalue weighted by Crippen LogP contribution is -2.14. The van der Waals surface area contributed by atoms with E-state index in [0.717, 1.165) is 6.07 Å². The maximum absolute atomic E-state index is 12.5. The molecule has 88 valence electrons. The number of pyridine rings is 1. The number of aromatic nitrogens is 1. The summed E-state index contributed by atoms with van der Waals surface area (Å²) in [6.07, 6.45) is -4.47. The van der Waals surface area contributed by atoms with E-state index in [0.29, 0.717) is 0 Å². The number of hydrogen-bond donors (Lipinski definition) is 1. The molecule has 3 nitrogen and oxygen atoms in total. The molecule has 1 rings (SSSR count). The van der Waals surface area contributed by atoms with E-state index in [4.69, 9.17) is 5.11 Å². The Bertz CT molecular complexity index is 431. The van der Waals surface area contributed by atoms with E-state index in [-0.39, 0.29) is 22.2 Å². The number of carboxylic acid groups (broad SMARTS) is 1. The van der Waals surface area contributed by atoms with Crippen molar-refractivity contribution in [2.45, 2.75) is 19.5 Å². The van der Waals surface area contributed by atoms with Crippen molar-refractivity contribution in [2.24, 2.45) is 0 Å². The zero-order valence-electron chi connectivity index (χ0n) is 8.10. The van der Waals surface area contributed by atoms with Crippen LogP contribution in [-0.2, 0) is 12.6 Å². The van der Waals surface area contributed by atoms with Crippen molar-refractivity contribution < 1.29 is 23.1 Å². The zero-order valence-corrected chi connectivity index (χ0v) is 9.68. The van der Waals surface area contributed by atoms with Crippen molar-refractivity contribution in [3.8, 4) is 0 Å². The molecule has 0 aromatic carbocycles. The van der Waals surface area contributed by atoms with Crippen LogP contribution in [0, 0.1) is 0 Å². The summed E-state index contributed by atoms with van der Waals surface area (Å²) in [4.78, 5) is 14.1. The summed E-state index contributed by atoms with van der Waals surface area (Å²) in [5, 5.41) is 8.77. The van der Waals surface area contributed by atoms with Gasteiger partial charge >= 0.3 is 12.1 Å². The summed E-state index contributed by atoms with van der Waals surface area (Å²) < 4.78 is 37.0. The van der Waals surface area contributed by atoms with Crippen LogP contribution in [0.2, 0.25) is 0 Å². The van der Waals surface area contributed by atoms with Gasteiger partial charge < -0.3 is 5.11 Å². The highest BCUT2D eigenvalue weighted by Crippen LogP contribution is 2.34. The molecule has 0 bridgehead atoms. The van der Waals surface area contributed by atoms with Gasteiger partial charge in [0.1, 0.15) is 0 Å². The summed E-state index contributed by atoms with van der Waals surface area (Å²) in [7, 11) is 0. The first-order valence-corrected chi connectivity index (χ1v) is 5.06. The van der Waals surface area contributed by atoms with Gasteiger partial charge in [-0.1, -0.05) is 6.92 Å². The molecule has 1 aromatic rings. The molecule has 0 aliphatic heterocycles. The first-order chi connectivity index (χ1) is 7.27. The van der Waals surface area contributed by atoms with Crippen molar-refractivity contribution in [3.63, 3.8) is 0 Å². The SMILES string of the molecule is CCc1nc(C(F)(F)F)c(Br)cc1C(=O)O. The van der Waals surface area contributed by atoms with Gasteiger partial charge in [0.25, 0.3) is 0 Å². The maximum Gasteiger partial charge on any atom is 0.434 e. The molecule has 0 saturated heterocycles. The number of aromatic carboxylic acids is 1. The van der Waals surface area contributed by atoms with E-state index in [2.05, 4.69) is 20.9 Å². The summed E-state index contributed by atoms with van der Waals surface area (Å²) in [5.74, 6) is -1.29. The number of halogens is 4. The smallest absolute Gasteiger partial charge is 0.434 e. The van der Waals surface area contributed by atoms with Gasteiger partial charge in [0.15, 0.2) is 5.69 Å². The Morgan fingerprint density at radius 2 is 2.12 bits per heavy atom. The van der Waals surface area contributed by atoms with Crippen LogP contribution in [0.1, 0.15) is 28.7 Å². The molecule has 7 heteroatoms. The van der Waals surface area contributed by atoms with Crippen molar-refractivity contribution in [1.82, 2.24) is 4.98 Å². The van der Waals surface area contributed by atoms with Crippen molar-refractivity contribution in [1.29, 1.82) is 0 Å². The lowest BCUT2D eigenvalue weighted by atomic mass is 10.1. The fourth-order valence-corrected chi connectivity index (χ4v) is 1.72. The van der Waals surface area contributed by atoms with Crippen LogP contribution in [0.25, 0.3) is 0 Å². The molecule has 0 spiro atoms. The highest BCUT2D eigenvalue weighted by Gasteiger charge is 2.36. The minimum atomic E-state index is -4.60. The van der Waals surface area contributed by atoms with Crippen molar-refractivity contribution in [2.75, 3.05) is 0 Å². The molecule has 0 aliphatic rings. The fourth-order valence-electron chi connectivity index (χ4n) is 1.18. The third kappa shape index (κ3) is 2.52. The zero-order chi connectivity index (χ0) is 12.5. The molecular weight excluding hydrogens is 291 g/mol. The minimum Gasteiger partial charge on any atom is -0.478 e. The number of alkyl halides is 3. The largest absolute Gasteiger partial charge is 0.478 e. The normalized spacial score (nSPS) is 11.6. The van der Waals surface area contributed by atoms with Crippen LogP contribution in [0.15, 0.2) is 10.5 Å². The molecule has 16 heavy (non-hydrogen) atoms. The second kappa shape index (κ2) is 4.40. The van der Waals surface area contributed by atoms with E-state index in [1.54, 1.807) is 6.92 Å². The third-order valence-corrected chi connectivity index (χ3v) is 2.49. The first kappa shape index (κ1) is 13.0. The fraction of sp³-hybridized carbons (Fsp3) is 0.333. The lowest BCUT2D eigenvalue weighted by Gasteiger charge is -2.11. The predicted octanol–water partition coefficient (Wildman–Crippen LogP) is 3.12. The summed E-state index contributed by atoms with van der Waals surface area (Å²) in [6, 6.07) is 0.928. The van der Waals surface area contributed by atoms with Gasteiger partial charge in [-0.05, 0) is 28.4 Å². The van der Waals surface area contributed by atoms with Crippen LogP contribution in [0.5, 0.6) is 0 Å². The summed E-state index contributed by atoms with van der Waals surface area (Å²) in [6.45, 7) is 1.54. The second-order valence-corrected chi connectivity index (χ2v) is 3.82. The van der Waals surface area contributed by atoms with E-state index in [1.165, 1.54) is 0 Å². The summed E-state index contributed by atoms with van der Waals surface area (Å²) in [5.41, 5.74) is -1.40. The monoisotopic (exact) mass is 297 g/mol. The number of carboxylic acids is 1. The van der Waals surface area contributed by atoms with Crippen LogP contribution >= 0.6 is 15.9 Å². The Balaban J connectivity index is 3.43. The minimum absolute atomic E-state index is 0.0805. The highest BCUT2D eigenvalue weighted by atomic mass is 79.9. The quantitative estimate of drug-likeness (QED) is 0.912. The molecule has 0 unspecified atom stereocenters. The number of nitrogens with zero attached hydrogens (tertiary/aromatic N) is 1. The highest BCUT2D eigenvalue weighted by molar-refractivity contribution is 9.10. The van der Waals surface area contributed by atoms with Gasteiger partial charge in [-0.2, -0.15) is 13.2 Å². The van der Waals surface area contributed by atoms with Crippen LogP contribution in [-0.4, -0.2) is 16.1 Å². The molecule has 1 heterocycles. The molecule has 0 amide bonds. The van der Waals surface area contributed by atoms with E-state index >= 15 is 0 Å². The summed E-state index contributed by atoms with van der Waals surface area (Å²) >= 11 is 2.67. The van der Waals surface area contributed by atoms with E-state index < -0.39 is 17.8 Å². The number of aryl methyl sites for hydroxylation is 1. The first-order valence-electron chi connectivity index (χ1n) is 4.27. The van der Waals surface area contributed by atoms with E-state index in [1.807, 2.05) is 0 Å². The number of hydrogen-bond acceptors (Lipinski definition) is 2. The van der Waals surface area contributed by atoms with Crippen molar-refractivity contribution >= 4 is 21.9 Å². The van der Waals surface area contributed by atoms with E-state index in [9.17, 15) is 18.0 Å². The van der Waals surface area contributed by atoms with Crippen LogP contribution in [0.4, 0.5) is 13.2 Å². The standard InChI is InChI=1S/C9H7BrF3NO2/c1-2-6-4(8(15)16)3-5(10)7(14-6)9(11,12)13/h3H,2H2,1H3,(H,15,16). The molecule has 1 N–H and O–H groups in total. The average Bonchev–Trinajstić information content (AvgIpc) is 2.15. The molecule has 0 aliphatic carbocycles. The van der Waals surface area contributed by atoms with Gasteiger partial charge in [0, 0.05) is 4.47 Å². The molecule has 0 radical (unpaired) electrons. The maximum atomic E-state index is 12.5. The van der Waals surface area contributed by atoms with Gasteiger partial charge in [0.2, 0.25) is 0 Å². The lowest BCUT2D eigenvalue weighted by molar-refractivity contribution is -0.141. The molecule has 1 aromatic heterocycles. The average molecular weight is 298 g/mol. The Morgan fingerprint density at radius 1 is 1.56 bits per heavy atom. The van der Waals surface area contributed by atoms with Gasteiger partial charge in [-0.15, -0.1) is 0 Å². The molecular formula is C9H7BrF3NO2. The number of rotatable bonds is 2. The van der Waals surface area contributed by atoms with Gasteiger partial charge in [-0.3, -0.25) is 0 Å². The van der Waals surface area contributed by atoms with Crippen LogP contribution < -0.4 is 0 Å². The van der Waals surface area contributed by atoms with Gasteiger partial charge in [-0.25, -0.2) is 9.78 Å². The second-order valence-electron chi connectivity index (χ2n) is 2.97. The van der Waals surface area contributed by atoms with Crippen LogP contribution in [0.3, 0.4) is 0 Å². The predicted molar refractivity (Wildman–Crippen MR) is 53.3 cm³/mol. The topological polar surface area (TPSA) is 50.2 Å². The Labute approximate surface area is 97.4 Å².